The van der Waals surface area contributed by atoms with Crippen molar-refractivity contribution in [3.05, 3.63) is 53.7 Å². The molecule has 0 atom stereocenters. The maximum absolute atomic E-state index is 9.95. The molecule has 1 aliphatic rings. The lowest BCUT2D eigenvalue weighted by atomic mass is 10.0. The Balaban J connectivity index is 1.60. The molecule has 4 aromatic heterocycles. The first kappa shape index (κ1) is 18.8. The number of hydrogen-bond acceptors (Lipinski definition) is 6. The molecule has 0 saturated heterocycles. The number of aliphatic hydroxyl groups excluding tert-OH is 1. The first-order valence-corrected chi connectivity index (χ1v) is 10.4. The van der Waals surface area contributed by atoms with Gasteiger partial charge in [-0.25, -0.2) is 9.97 Å². The van der Waals surface area contributed by atoms with Crippen molar-refractivity contribution in [2.24, 2.45) is 0 Å². The molecule has 0 spiro atoms. The highest BCUT2D eigenvalue weighted by Crippen LogP contribution is 2.32. The lowest BCUT2D eigenvalue weighted by molar-refractivity contribution is 0.282. The lowest BCUT2D eigenvalue weighted by Crippen LogP contribution is -2.15. The Morgan fingerprint density at radius 3 is 2.80 bits per heavy atom. The minimum atomic E-state index is -0.0862. The number of aryl methyl sites for hydroxylation is 2. The maximum Gasteiger partial charge on any atom is 0.141 e. The van der Waals surface area contributed by atoms with Gasteiger partial charge in [-0.1, -0.05) is 24.1 Å². The highest BCUT2D eigenvalue weighted by atomic mass is 16.5. The number of pyridine rings is 2. The van der Waals surface area contributed by atoms with Gasteiger partial charge in [0.25, 0.3) is 0 Å². The van der Waals surface area contributed by atoms with Gasteiger partial charge in [0.2, 0.25) is 0 Å². The third-order valence-corrected chi connectivity index (χ3v) is 5.92. The topological polar surface area (TPSA) is 88.5 Å². The van der Waals surface area contributed by atoms with E-state index in [1.165, 1.54) is 25.7 Å². The van der Waals surface area contributed by atoms with E-state index < -0.39 is 0 Å². The predicted octanol–water partition coefficient (Wildman–Crippen LogP) is 4.51. The van der Waals surface area contributed by atoms with Crippen LogP contribution in [-0.2, 0) is 6.61 Å². The van der Waals surface area contributed by atoms with E-state index in [0.29, 0.717) is 6.04 Å². The van der Waals surface area contributed by atoms with E-state index in [0.717, 1.165) is 51.0 Å². The van der Waals surface area contributed by atoms with E-state index in [1.807, 2.05) is 54.9 Å². The number of rotatable bonds is 5. The van der Waals surface area contributed by atoms with Crippen molar-refractivity contribution >= 4 is 11.5 Å². The summed E-state index contributed by atoms with van der Waals surface area (Å²) in [7, 11) is 0. The summed E-state index contributed by atoms with van der Waals surface area (Å²) >= 11 is 0. The minimum absolute atomic E-state index is 0.0862. The Labute approximate surface area is 174 Å². The normalized spacial score (nSPS) is 14.6. The summed E-state index contributed by atoms with van der Waals surface area (Å²) in [5.41, 5.74) is 5.90. The zero-order valence-corrected chi connectivity index (χ0v) is 17.2. The smallest absolute Gasteiger partial charge is 0.141 e. The molecule has 0 amide bonds. The van der Waals surface area contributed by atoms with Gasteiger partial charge in [-0.2, -0.15) is 0 Å². The first-order chi connectivity index (χ1) is 14.6. The number of anilines is 1. The van der Waals surface area contributed by atoms with Gasteiger partial charge in [-0.15, -0.1) is 0 Å². The number of imidazole rings is 1. The second kappa shape index (κ2) is 7.57. The van der Waals surface area contributed by atoms with Gasteiger partial charge in [-0.05, 0) is 50.5 Å². The third-order valence-electron chi connectivity index (χ3n) is 5.92. The Kier molecular flexibility index (Phi) is 4.75. The molecule has 7 heteroatoms. The molecule has 5 rings (SSSR count). The van der Waals surface area contributed by atoms with Crippen LogP contribution in [0.4, 0.5) is 5.82 Å². The molecule has 0 aliphatic heterocycles. The highest BCUT2D eigenvalue weighted by molar-refractivity contribution is 5.74. The van der Waals surface area contributed by atoms with Crippen molar-refractivity contribution < 1.29 is 9.63 Å². The average molecular weight is 403 g/mol. The molecule has 0 radical (unpaired) electrons. The van der Waals surface area contributed by atoms with Crippen LogP contribution < -0.4 is 5.32 Å². The summed E-state index contributed by atoms with van der Waals surface area (Å²) in [4.78, 5) is 9.40. The van der Waals surface area contributed by atoms with Gasteiger partial charge in [-0.3, -0.25) is 4.40 Å². The number of nitrogens with zero attached hydrogens (tertiary/aromatic N) is 4. The SMILES string of the molecule is Cc1noc(C)c1-c1cn2c(-c3cccc(NC4CCCC4)n3)cnc2cc1CO. The van der Waals surface area contributed by atoms with Gasteiger partial charge >= 0.3 is 0 Å². The van der Waals surface area contributed by atoms with Crippen LogP contribution in [0.3, 0.4) is 0 Å². The summed E-state index contributed by atoms with van der Waals surface area (Å²) in [5.74, 6) is 1.62. The minimum Gasteiger partial charge on any atom is -0.392 e. The molecule has 4 aromatic rings. The fraction of sp³-hybridized carbons (Fsp3) is 0.348. The molecular weight excluding hydrogens is 378 g/mol. The van der Waals surface area contributed by atoms with Gasteiger partial charge in [0.1, 0.15) is 17.2 Å². The molecule has 1 aliphatic carbocycles. The van der Waals surface area contributed by atoms with Crippen molar-refractivity contribution in [2.75, 3.05) is 5.32 Å². The Morgan fingerprint density at radius 2 is 2.07 bits per heavy atom. The van der Waals surface area contributed by atoms with Gasteiger partial charge < -0.3 is 14.9 Å². The molecule has 0 unspecified atom stereocenters. The van der Waals surface area contributed by atoms with Gasteiger partial charge in [0.05, 0.1) is 29.9 Å². The average Bonchev–Trinajstić information content (AvgIpc) is 3.48. The van der Waals surface area contributed by atoms with Crippen molar-refractivity contribution in [3.63, 3.8) is 0 Å². The van der Waals surface area contributed by atoms with Crippen LogP contribution in [0.15, 0.2) is 41.2 Å². The zero-order valence-electron chi connectivity index (χ0n) is 17.2. The van der Waals surface area contributed by atoms with Crippen LogP contribution in [-0.4, -0.2) is 30.7 Å². The van der Waals surface area contributed by atoms with Crippen LogP contribution >= 0.6 is 0 Å². The quantitative estimate of drug-likeness (QED) is 0.509. The number of aliphatic hydroxyl groups is 1. The van der Waals surface area contributed by atoms with E-state index in [2.05, 4.69) is 15.5 Å². The second-order valence-corrected chi connectivity index (χ2v) is 7.98. The Morgan fingerprint density at radius 1 is 1.23 bits per heavy atom. The predicted molar refractivity (Wildman–Crippen MR) is 115 cm³/mol. The van der Waals surface area contributed by atoms with Crippen LogP contribution in [0.2, 0.25) is 0 Å². The molecule has 1 saturated carbocycles. The molecule has 0 aromatic carbocycles. The van der Waals surface area contributed by atoms with Crippen molar-refractivity contribution in [1.29, 1.82) is 0 Å². The van der Waals surface area contributed by atoms with Gasteiger partial charge in [0, 0.05) is 23.4 Å². The van der Waals surface area contributed by atoms with Crippen LogP contribution in [0.25, 0.3) is 28.2 Å². The molecule has 1 fully saturated rings. The van der Waals surface area contributed by atoms with Crippen molar-refractivity contribution in [3.8, 4) is 22.5 Å². The standard InChI is InChI=1S/C23H25N5O2/c1-14-23(15(2)30-27-14)18-12-28-20(11-24-22(28)10-16(18)13-29)19-8-5-9-21(26-19)25-17-6-3-4-7-17/h5,8-12,17,29H,3-4,6-7,13H2,1-2H3,(H,25,26). The molecule has 4 heterocycles. The molecule has 30 heavy (non-hydrogen) atoms. The van der Waals surface area contributed by atoms with Crippen molar-refractivity contribution in [2.45, 2.75) is 52.2 Å². The van der Waals surface area contributed by atoms with E-state index in [-0.39, 0.29) is 6.61 Å². The molecule has 154 valence electrons. The summed E-state index contributed by atoms with van der Waals surface area (Å²) in [6.07, 6.45) is 8.78. The summed E-state index contributed by atoms with van der Waals surface area (Å²) < 4.78 is 7.38. The molecule has 7 nitrogen and oxygen atoms in total. The Bertz CT molecular complexity index is 1180. The highest BCUT2D eigenvalue weighted by Gasteiger charge is 2.19. The summed E-state index contributed by atoms with van der Waals surface area (Å²) in [6, 6.07) is 8.46. The number of hydrogen-bond donors (Lipinski definition) is 2. The van der Waals surface area contributed by atoms with E-state index in [1.54, 1.807) is 0 Å². The first-order valence-electron chi connectivity index (χ1n) is 10.4. The van der Waals surface area contributed by atoms with Gasteiger partial charge in [0.15, 0.2) is 0 Å². The van der Waals surface area contributed by atoms with E-state index in [9.17, 15) is 5.11 Å². The second-order valence-electron chi connectivity index (χ2n) is 7.98. The molecule has 0 bridgehead atoms. The molecule has 2 N–H and O–H groups in total. The fourth-order valence-electron chi connectivity index (χ4n) is 4.41. The lowest BCUT2D eigenvalue weighted by Gasteiger charge is -2.13. The van der Waals surface area contributed by atoms with E-state index in [4.69, 9.17) is 9.51 Å². The van der Waals surface area contributed by atoms with Crippen LogP contribution in [0.5, 0.6) is 0 Å². The summed E-state index contributed by atoms with van der Waals surface area (Å²) in [6.45, 7) is 3.71. The summed E-state index contributed by atoms with van der Waals surface area (Å²) in [5, 5.41) is 17.6. The van der Waals surface area contributed by atoms with Crippen molar-refractivity contribution in [1.82, 2.24) is 19.5 Å². The van der Waals surface area contributed by atoms with E-state index >= 15 is 0 Å². The van der Waals surface area contributed by atoms with Crippen LogP contribution in [0, 0.1) is 13.8 Å². The van der Waals surface area contributed by atoms with Crippen LogP contribution in [0.1, 0.15) is 42.7 Å². The fourth-order valence-corrected chi connectivity index (χ4v) is 4.41. The molecular formula is C23H25N5O2. The largest absolute Gasteiger partial charge is 0.392 e. The monoisotopic (exact) mass is 403 g/mol. The maximum atomic E-state index is 9.95. The number of fused-ring (bicyclic) bond motifs is 1. The Hall–Kier alpha value is -3.19. The number of aromatic nitrogens is 4. The third kappa shape index (κ3) is 3.25. The zero-order chi connectivity index (χ0) is 20.7. The number of nitrogens with one attached hydrogen (secondary N) is 1.